The highest BCUT2D eigenvalue weighted by atomic mass is 16.2. The fourth-order valence-electron chi connectivity index (χ4n) is 3.36. The lowest BCUT2D eigenvalue weighted by atomic mass is 10.0. The van der Waals surface area contributed by atoms with Gasteiger partial charge in [-0.2, -0.15) is 0 Å². The summed E-state index contributed by atoms with van der Waals surface area (Å²) in [5.41, 5.74) is 0.929. The number of carbonyl (C=O) groups is 4. The molecule has 0 aromatic heterocycles. The van der Waals surface area contributed by atoms with E-state index in [4.69, 9.17) is 0 Å². The van der Waals surface area contributed by atoms with Crippen LogP contribution in [-0.2, 0) is 9.59 Å². The number of hydrogen-bond acceptors (Lipinski definition) is 4. The van der Waals surface area contributed by atoms with Crippen LogP contribution in [0.4, 0.5) is 0 Å². The Balaban J connectivity index is 1.46. The normalized spacial score (nSPS) is 10.5. The molecule has 0 heterocycles. The first kappa shape index (κ1) is 23.4. The van der Waals surface area contributed by atoms with Crippen LogP contribution in [0.2, 0.25) is 0 Å². The van der Waals surface area contributed by atoms with E-state index in [1.165, 1.54) is 0 Å². The maximum Gasteiger partial charge on any atom is 0.228 e. The SMILES string of the molecule is O=C(CCCCCCCCCCC(=O)C(=O)c1ccccc1)C(=O)c1ccccc1. The predicted molar refractivity (Wildman–Crippen MR) is 118 cm³/mol. The molecule has 0 N–H and O–H groups in total. The number of unbranched alkanes of at least 4 members (excludes halogenated alkanes) is 7. The van der Waals surface area contributed by atoms with E-state index < -0.39 is 11.6 Å². The zero-order chi connectivity index (χ0) is 21.6. The second-order valence-electron chi connectivity index (χ2n) is 7.57. The molecule has 158 valence electrons. The van der Waals surface area contributed by atoms with Crippen LogP contribution in [0.5, 0.6) is 0 Å². The lowest BCUT2D eigenvalue weighted by Gasteiger charge is -2.03. The zero-order valence-electron chi connectivity index (χ0n) is 17.5. The van der Waals surface area contributed by atoms with Crippen LogP contribution >= 0.6 is 0 Å². The van der Waals surface area contributed by atoms with Crippen molar-refractivity contribution in [2.45, 2.75) is 64.2 Å². The van der Waals surface area contributed by atoms with Crippen LogP contribution in [0.25, 0.3) is 0 Å². The number of benzene rings is 2. The predicted octanol–water partition coefficient (Wildman–Crippen LogP) is 5.79. The van der Waals surface area contributed by atoms with Gasteiger partial charge < -0.3 is 0 Å². The topological polar surface area (TPSA) is 68.3 Å². The van der Waals surface area contributed by atoms with Gasteiger partial charge in [-0.25, -0.2) is 0 Å². The summed E-state index contributed by atoms with van der Waals surface area (Å²) in [6.45, 7) is 0. The standard InChI is InChI=1S/C26H30O4/c27-23(25(29)21-15-9-7-10-16-21)19-13-5-3-1-2-4-6-14-20-24(28)26(30)22-17-11-8-12-18-22/h7-12,15-18H,1-6,13-14,19-20H2. The van der Waals surface area contributed by atoms with Crippen molar-refractivity contribution in [1.29, 1.82) is 0 Å². The van der Waals surface area contributed by atoms with Gasteiger partial charge in [0.15, 0.2) is 0 Å². The van der Waals surface area contributed by atoms with Gasteiger partial charge in [-0.1, -0.05) is 99.2 Å². The van der Waals surface area contributed by atoms with E-state index in [2.05, 4.69) is 0 Å². The third kappa shape index (κ3) is 8.24. The first-order valence-electron chi connectivity index (χ1n) is 10.8. The zero-order valence-corrected chi connectivity index (χ0v) is 17.5. The van der Waals surface area contributed by atoms with Crippen LogP contribution < -0.4 is 0 Å². The lowest BCUT2D eigenvalue weighted by Crippen LogP contribution is -2.13. The highest BCUT2D eigenvalue weighted by Crippen LogP contribution is 2.13. The van der Waals surface area contributed by atoms with E-state index in [0.29, 0.717) is 24.0 Å². The third-order valence-electron chi connectivity index (χ3n) is 5.14. The highest BCUT2D eigenvalue weighted by molar-refractivity contribution is 6.44. The van der Waals surface area contributed by atoms with Crippen LogP contribution in [0.1, 0.15) is 84.9 Å². The summed E-state index contributed by atoms with van der Waals surface area (Å²) < 4.78 is 0. The van der Waals surface area contributed by atoms with Crippen molar-refractivity contribution in [1.82, 2.24) is 0 Å². The molecule has 2 aromatic carbocycles. The smallest absolute Gasteiger partial charge is 0.228 e. The Morgan fingerprint density at radius 1 is 0.433 bits per heavy atom. The molecular formula is C26H30O4. The summed E-state index contributed by atoms with van der Waals surface area (Å²) in [6.07, 6.45) is 8.24. The van der Waals surface area contributed by atoms with Crippen molar-refractivity contribution < 1.29 is 19.2 Å². The summed E-state index contributed by atoms with van der Waals surface area (Å²) in [5.74, 6) is -1.40. The molecule has 2 aromatic rings. The number of rotatable bonds is 15. The van der Waals surface area contributed by atoms with Gasteiger partial charge in [0.2, 0.25) is 23.1 Å². The van der Waals surface area contributed by atoms with Gasteiger partial charge in [0.1, 0.15) is 0 Å². The Morgan fingerprint density at radius 2 is 0.733 bits per heavy atom. The Morgan fingerprint density at radius 3 is 1.07 bits per heavy atom. The van der Waals surface area contributed by atoms with Crippen molar-refractivity contribution in [2.75, 3.05) is 0 Å². The molecule has 0 unspecified atom stereocenters. The molecule has 4 nitrogen and oxygen atoms in total. The summed E-state index contributed by atoms with van der Waals surface area (Å²) in [7, 11) is 0. The van der Waals surface area contributed by atoms with E-state index in [1.807, 2.05) is 12.1 Å². The number of Topliss-reactive ketones (excluding diaryl/α,β-unsaturated/α-hetero) is 4. The van der Waals surface area contributed by atoms with Crippen molar-refractivity contribution >= 4 is 23.1 Å². The molecule has 0 bridgehead atoms. The first-order valence-corrected chi connectivity index (χ1v) is 10.8. The quantitative estimate of drug-likeness (QED) is 0.213. The minimum Gasteiger partial charge on any atom is -0.290 e. The first-order chi connectivity index (χ1) is 14.6. The maximum atomic E-state index is 12.0. The largest absolute Gasteiger partial charge is 0.290 e. The summed E-state index contributed by atoms with van der Waals surface area (Å²) in [5, 5.41) is 0. The van der Waals surface area contributed by atoms with Crippen LogP contribution in [0, 0.1) is 0 Å². The molecule has 0 atom stereocenters. The van der Waals surface area contributed by atoms with Crippen LogP contribution in [-0.4, -0.2) is 23.1 Å². The minimum absolute atomic E-state index is 0.309. The minimum atomic E-state index is -0.393. The van der Waals surface area contributed by atoms with Gasteiger partial charge in [0.25, 0.3) is 0 Å². The summed E-state index contributed by atoms with van der Waals surface area (Å²) in [4.78, 5) is 47.9. The molecule has 0 radical (unpaired) electrons. The molecule has 0 aliphatic rings. The van der Waals surface area contributed by atoms with E-state index in [0.717, 1.165) is 51.4 Å². The Bertz CT molecular complexity index is 753. The fraction of sp³-hybridized carbons (Fsp3) is 0.385. The monoisotopic (exact) mass is 406 g/mol. The second-order valence-corrected chi connectivity index (χ2v) is 7.57. The Labute approximate surface area is 178 Å². The molecule has 0 aliphatic carbocycles. The maximum absolute atomic E-state index is 12.0. The Hall–Kier alpha value is -2.88. The molecule has 2 rings (SSSR count). The highest BCUT2D eigenvalue weighted by Gasteiger charge is 2.15. The van der Waals surface area contributed by atoms with Crippen LogP contribution in [0.15, 0.2) is 60.7 Å². The van der Waals surface area contributed by atoms with Gasteiger partial charge >= 0.3 is 0 Å². The van der Waals surface area contributed by atoms with Gasteiger partial charge in [-0.05, 0) is 12.8 Å². The molecular weight excluding hydrogens is 376 g/mol. The van der Waals surface area contributed by atoms with Crippen molar-refractivity contribution in [2.24, 2.45) is 0 Å². The number of ketones is 4. The average molecular weight is 407 g/mol. The summed E-state index contributed by atoms with van der Waals surface area (Å²) >= 11 is 0. The van der Waals surface area contributed by atoms with E-state index in [-0.39, 0.29) is 11.6 Å². The van der Waals surface area contributed by atoms with Gasteiger partial charge in [-0.3, -0.25) is 19.2 Å². The Kier molecular flexibility index (Phi) is 10.4. The molecule has 0 spiro atoms. The van der Waals surface area contributed by atoms with E-state index in [1.54, 1.807) is 48.5 Å². The van der Waals surface area contributed by atoms with Crippen molar-refractivity contribution in [3.05, 3.63) is 71.8 Å². The molecule has 0 saturated heterocycles. The number of hydrogen-bond donors (Lipinski definition) is 0. The molecule has 0 fully saturated rings. The fourth-order valence-corrected chi connectivity index (χ4v) is 3.36. The lowest BCUT2D eigenvalue weighted by molar-refractivity contribution is -0.115. The van der Waals surface area contributed by atoms with E-state index >= 15 is 0 Å². The van der Waals surface area contributed by atoms with Gasteiger partial charge in [0.05, 0.1) is 0 Å². The molecule has 0 saturated carbocycles. The second kappa shape index (κ2) is 13.4. The van der Waals surface area contributed by atoms with Crippen molar-refractivity contribution in [3.8, 4) is 0 Å². The molecule has 4 heteroatoms. The van der Waals surface area contributed by atoms with E-state index in [9.17, 15) is 19.2 Å². The van der Waals surface area contributed by atoms with Crippen molar-refractivity contribution in [3.63, 3.8) is 0 Å². The van der Waals surface area contributed by atoms with Crippen LogP contribution in [0.3, 0.4) is 0 Å². The third-order valence-corrected chi connectivity index (χ3v) is 5.14. The number of carbonyl (C=O) groups excluding carboxylic acids is 4. The molecule has 30 heavy (non-hydrogen) atoms. The van der Waals surface area contributed by atoms with Gasteiger partial charge in [-0.15, -0.1) is 0 Å². The average Bonchev–Trinajstić information content (AvgIpc) is 2.80. The van der Waals surface area contributed by atoms with Gasteiger partial charge in [0, 0.05) is 24.0 Å². The summed E-state index contributed by atoms with van der Waals surface area (Å²) in [6, 6.07) is 17.4. The molecule has 0 aliphatic heterocycles. The molecule has 0 amide bonds.